The maximum atomic E-state index is 9.87. The normalized spacial score (nSPS) is 21.2. The van der Waals surface area contributed by atoms with Gasteiger partial charge in [-0.1, -0.05) is 13.8 Å². The van der Waals surface area contributed by atoms with Gasteiger partial charge in [-0.3, -0.25) is 0 Å². The summed E-state index contributed by atoms with van der Waals surface area (Å²) in [4.78, 5) is 8.61. The third-order valence-corrected chi connectivity index (χ3v) is 4.89. The van der Waals surface area contributed by atoms with E-state index in [0.717, 1.165) is 17.9 Å². The van der Waals surface area contributed by atoms with Gasteiger partial charge in [0.25, 0.3) is 0 Å². The highest BCUT2D eigenvalue weighted by Crippen LogP contribution is 2.42. The van der Waals surface area contributed by atoms with Crippen LogP contribution in [0.15, 0.2) is 22.7 Å². The van der Waals surface area contributed by atoms with Gasteiger partial charge in [0.2, 0.25) is 5.95 Å². The summed E-state index contributed by atoms with van der Waals surface area (Å²) in [5.74, 6) is 2.75. The van der Waals surface area contributed by atoms with Gasteiger partial charge in [0.15, 0.2) is 0 Å². The zero-order chi connectivity index (χ0) is 18.0. The van der Waals surface area contributed by atoms with Crippen LogP contribution in [-0.2, 0) is 6.42 Å². The number of aliphatic hydroxyl groups is 1. The van der Waals surface area contributed by atoms with Crippen LogP contribution in [0.3, 0.4) is 0 Å². The first-order valence-electron chi connectivity index (χ1n) is 8.41. The molecule has 2 heterocycles. The van der Waals surface area contributed by atoms with Gasteiger partial charge in [-0.2, -0.15) is 10.2 Å². The summed E-state index contributed by atoms with van der Waals surface area (Å²) >= 11 is 0. The van der Waals surface area contributed by atoms with Crippen LogP contribution in [0, 0.1) is 23.7 Å². The molecule has 1 aliphatic carbocycles. The lowest BCUT2D eigenvalue weighted by Gasteiger charge is -2.49. The van der Waals surface area contributed by atoms with E-state index < -0.39 is 0 Å². The molecule has 0 aromatic carbocycles. The average Bonchev–Trinajstić information content (AvgIpc) is 3.00. The van der Waals surface area contributed by atoms with Crippen molar-refractivity contribution in [3.63, 3.8) is 0 Å². The van der Waals surface area contributed by atoms with Crippen LogP contribution in [0.5, 0.6) is 0 Å². The monoisotopic (exact) mass is 343 g/mol. The second kappa shape index (κ2) is 6.73. The van der Waals surface area contributed by atoms with Crippen molar-refractivity contribution in [2.45, 2.75) is 45.8 Å². The number of hydrogen-bond donors (Lipinski definition) is 3. The number of anilines is 2. The first kappa shape index (κ1) is 17.2. The minimum absolute atomic E-state index is 0. The highest BCUT2D eigenvalue weighted by Gasteiger charge is 2.47. The van der Waals surface area contributed by atoms with E-state index in [2.05, 4.69) is 26.7 Å². The molecule has 1 unspecified atom stereocenters. The molecule has 3 rings (SSSR count). The number of nitrogens with zero attached hydrogens (tertiary/aromatic N) is 3. The molecule has 0 saturated heterocycles. The minimum Gasteiger partial charge on any atom is -0.466 e. The number of nitriles is 1. The Hall–Kier alpha value is -2.59. The van der Waals surface area contributed by atoms with E-state index in [1.54, 1.807) is 0 Å². The second-order valence-electron chi connectivity index (χ2n) is 7.03. The molecule has 0 spiro atoms. The van der Waals surface area contributed by atoms with E-state index in [0.29, 0.717) is 30.3 Å². The standard InChI is InChI=1S/C18H23N5O2.H2/c1-11-4-5-13(25-11)6-7-20-17-21-10-12(9-19)16(23-17)22-14-8-15(24)18(14,2)3;/h4-5,10,14-15,24H,6-8H2,1-3H3,(H2,20,21,22,23);1H/t14?,15-;/m0./s1. The summed E-state index contributed by atoms with van der Waals surface area (Å²) in [7, 11) is 0. The lowest BCUT2D eigenvalue weighted by atomic mass is 9.64. The fourth-order valence-electron chi connectivity index (χ4n) is 2.89. The molecule has 1 aliphatic rings. The van der Waals surface area contributed by atoms with Gasteiger partial charge in [0, 0.05) is 25.8 Å². The Kier molecular flexibility index (Phi) is 4.64. The molecular formula is C18H25N5O2. The van der Waals surface area contributed by atoms with Crippen LogP contribution in [0.25, 0.3) is 0 Å². The van der Waals surface area contributed by atoms with E-state index in [1.165, 1.54) is 6.20 Å². The second-order valence-corrected chi connectivity index (χ2v) is 7.03. The Bertz CT molecular complexity index is 799. The van der Waals surface area contributed by atoms with E-state index in [1.807, 2.05) is 32.9 Å². The lowest BCUT2D eigenvalue weighted by molar-refractivity contribution is -0.0511. The van der Waals surface area contributed by atoms with Gasteiger partial charge >= 0.3 is 0 Å². The molecule has 0 bridgehead atoms. The van der Waals surface area contributed by atoms with Crippen LogP contribution in [0.4, 0.5) is 11.8 Å². The maximum Gasteiger partial charge on any atom is 0.224 e. The van der Waals surface area contributed by atoms with Crippen molar-refractivity contribution in [1.29, 1.82) is 5.26 Å². The van der Waals surface area contributed by atoms with Gasteiger partial charge in [0.1, 0.15) is 29.0 Å². The van der Waals surface area contributed by atoms with Crippen LogP contribution in [0.2, 0.25) is 0 Å². The number of aryl methyl sites for hydroxylation is 1. The van der Waals surface area contributed by atoms with Crippen molar-refractivity contribution >= 4 is 11.8 Å². The molecule has 7 nitrogen and oxygen atoms in total. The van der Waals surface area contributed by atoms with Gasteiger partial charge in [-0.15, -0.1) is 0 Å². The zero-order valence-corrected chi connectivity index (χ0v) is 14.7. The van der Waals surface area contributed by atoms with E-state index in [-0.39, 0.29) is 19.0 Å². The van der Waals surface area contributed by atoms with Crippen LogP contribution >= 0.6 is 0 Å². The van der Waals surface area contributed by atoms with Crippen LogP contribution < -0.4 is 10.6 Å². The lowest BCUT2D eigenvalue weighted by Crippen LogP contribution is -2.57. The van der Waals surface area contributed by atoms with Crippen LogP contribution in [0.1, 0.15) is 38.8 Å². The van der Waals surface area contributed by atoms with Gasteiger partial charge in [-0.25, -0.2) is 4.98 Å². The van der Waals surface area contributed by atoms with Crippen molar-refractivity contribution in [1.82, 2.24) is 9.97 Å². The molecule has 0 aliphatic heterocycles. The van der Waals surface area contributed by atoms with Crippen LogP contribution in [-0.4, -0.2) is 33.8 Å². The Balaban J connectivity index is 0.00000243. The minimum atomic E-state index is -0.341. The predicted molar refractivity (Wildman–Crippen MR) is 96.3 cm³/mol. The number of hydrogen-bond acceptors (Lipinski definition) is 7. The Morgan fingerprint density at radius 1 is 1.48 bits per heavy atom. The largest absolute Gasteiger partial charge is 0.466 e. The molecule has 7 heteroatoms. The molecular weight excluding hydrogens is 318 g/mol. The molecule has 2 aromatic rings. The van der Waals surface area contributed by atoms with Crippen molar-refractivity contribution < 1.29 is 11.0 Å². The molecule has 1 saturated carbocycles. The maximum absolute atomic E-state index is 9.87. The van der Waals surface area contributed by atoms with Gasteiger partial charge < -0.3 is 20.2 Å². The van der Waals surface area contributed by atoms with Gasteiger partial charge in [-0.05, 0) is 25.5 Å². The highest BCUT2D eigenvalue weighted by molar-refractivity contribution is 5.54. The van der Waals surface area contributed by atoms with Gasteiger partial charge in [0.05, 0.1) is 12.3 Å². The number of nitrogens with one attached hydrogen (secondary N) is 2. The number of aromatic nitrogens is 2. The predicted octanol–water partition coefficient (Wildman–Crippen LogP) is 2.72. The Labute approximate surface area is 148 Å². The quantitative estimate of drug-likeness (QED) is 0.740. The number of furan rings is 1. The summed E-state index contributed by atoms with van der Waals surface area (Å²) in [5, 5.41) is 25.6. The highest BCUT2D eigenvalue weighted by atomic mass is 16.3. The fraction of sp³-hybridized carbons (Fsp3) is 0.500. The Morgan fingerprint density at radius 3 is 2.88 bits per heavy atom. The van der Waals surface area contributed by atoms with Crippen molar-refractivity contribution in [3.05, 3.63) is 35.4 Å². The zero-order valence-electron chi connectivity index (χ0n) is 14.7. The SMILES string of the molecule is Cc1ccc(CCNc2ncc(C#N)c(NC3C[C@H](O)C3(C)C)n2)o1.[HH]. The summed E-state index contributed by atoms with van der Waals surface area (Å²) in [6.45, 7) is 6.54. The molecule has 2 atom stereocenters. The average molecular weight is 343 g/mol. The summed E-state index contributed by atoms with van der Waals surface area (Å²) in [6.07, 6.45) is 2.54. The molecule has 0 amide bonds. The number of aliphatic hydroxyl groups excluding tert-OH is 1. The summed E-state index contributed by atoms with van der Waals surface area (Å²) in [5.41, 5.74) is 0.145. The topological polar surface area (TPSA) is 107 Å². The summed E-state index contributed by atoms with van der Waals surface area (Å²) in [6, 6.07) is 6.07. The third kappa shape index (κ3) is 3.59. The fourth-order valence-corrected chi connectivity index (χ4v) is 2.89. The molecule has 1 fully saturated rings. The first-order valence-corrected chi connectivity index (χ1v) is 8.41. The third-order valence-electron chi connectivity index (χ3n) is 4.89. The smallest absolute Gasteiger partial charge is 0.224 e. The molecule has 2 aromatic heterocycles. The molecule has 0 radical (unpaired) electrons. The van der Waals surface area contributed by atoms with E-state index in [4.69, 9.17) is 4.42 Å². The Morgan fingerprint density at radius 2 is 2.28 bits per heavy atom. The van der Waals surface area contributed by atoms with E-state index in [9.17, 15) is 10.4 Å². The van der Waals surface area contributed by atoms with E-state index >= 15 is 0 Å². The first-order chi connectivity index (χ1) is 11.9. The van der Waals surface area contributed by atoms with Crippen molar-refractivity contribution in [2.24, 2.45) is 5.41 Å². The molecule has 25 heavy (non-hydrogen) atoms. The van der Waals surface area contributed by atoms with Crippen molar-refractivity contribution in [3.8, 4) is 6.07 Å². The van der Waals surface area contributed by atoms with Crippen molar-refractivity contribution in [2.75, 3.05) is 17.2 Å². The summed E-state index contributed by atoms with van der Waals surface area (Å²) < 4.78 is 5.53. The molecule has 3 N–H and O–H groups in total. The molecule has 134 valence electrons. The number of rotatable bonds is 6.